The van der Waals surface area contributed by atoms with Gasteiger partial charge in [-0.3, -0.25) is 13.9 Å². The molecule has 0 aromatic heterocycles. The lowest BCUT2D eigenvalue weighted by atomic mass is 10.1. The summed E-state index contributed by atoms with van der Waals surface area (Å²) < 4.78 is 52.8. The Morgan fingerprint density at radius 1 is 1.06 bits per heavy atom. The molecule has 34 heavy (non-hydrogen) atoms. The van der Waals surface area contributed by atoms with Gasteiger partial charge in [-0.1, -0.05) is 36.8 Å². The topological polar surface area (TPSA) is 86.8 Å². The van der Waals surface area contributed by atoms with Crippen LogP contribution in [0.4, 0.5) is 14.5 Å². The van der Waals surface area contributed by atoms with Crippen molar-refractivity contribution in [2.24, 2.45) is 0 Å². The molecule has 0 saturated heterocycles. The molecule has 2 amide bonds. The van der Waals surface area contributed by atoms with Crippen LogP contribution in [0.5, 0.6) is 0 Å². The molecule has 7 nitrogen and oxygen atoms in total. The minimum Gasteiger partial charge on any atom is -0.352 e. The molecule has 0 radical (unpaired) electrons. The standard InChI is InChI=1S/C24H31F2N3O4S/c1-6-17(3)27-24(31)18(4)28(14-19-9-7-8-16(2)12-19)23(30)15-29(34(5,32)33)20-10-11-21(25)22(26)13-20/h7-13,17-18H,6,14-15H2,1-5H3,(H,27,31). The molecule has 0 heterocycles. The number of hydrogen-bond donors (Lipinski definition) is 1. The van der Waals surface area contributed by atoms with Crippen LogP contribution in [0.2, 0.25) is 0 Å². The van der Waals surface area contributed by atoms with Crippen molar-refractivity contribution in [3.05, 3.63) is 65.2 Å². The molecule has 2 aromatic carbocycles. The lowest BCUT2D eigenvalue weighted by Crippen LogP contribution is -2.52. The number of rotatable bonds is 10. The fourth-order valence-electron chi connectivity index (χ4n) is 3.31. The van der Waals surface area contributed by atoms with E-state index >= 15 is 0 Å². The van der Waals surface area contributed by atoms with Crippen LogP contribution >= 0.6 is 0 Å². The monoisotopic (exact) mass is 495 g/mol. The number of sulfonamides is 1. The Morgan fingerprint density at radius 3 is 2.29 bits per heavy atom. The molecule has 10 heteroatoms. The molecule has 2 atom stereocenters. The van der Waals surface area contributed by atoms with E-state index in [1.54, 1.807) is 13.0 Å². The minimum atomic E-state index is -4.03. The van der Waals surface area contributed by atoms with Gasteiger partial charge in [0.25, 0.3) is 0 Å². The van der Waals surface area contributed by atoms with Crippen molar-refractivity contribution >= 4 is 27.5 Å². The van der Waals surface area contributed by atoms with E-state index in [1.165, 1.54) is 4.90 Å². The fourth-order valence-corrected chi connectivity index (χ4v) is 4.15. The largest absolute Gasteiger partial charge is 0.352 e. The van der Waals surface area contributed by atoms with Gasteiger partial charge in [0.15, 0.2) is 11.6 Å². The number of carbonyl (C=O) groups excluding carboxylic acids is 2. The summed E-state index contributed by atoms with van der Waals surface area (Å²) >= 11 is 0. The van der Waals surface area contributed by atoms with Gasteiger partial charge in [0.2, 0.25) is 21.8 Å². The number of nitrogens with one attached hydrogen (secondary N) is 1. The Balaban J connectivity index is 2.41. The van der Waals surface area contributed by atoms with E-state index in [1.807, 2.05) is 39.0 Å². The molecule has 2 rings (SSSR count). The average molecular weight is 496 g/mol. The summed E-state index contributed by atoms with van der Waals surface area (Å²) in [6.07, 6.45) is 1.56. The number of amides is 2. The maximum absolute atomic E-state index is 13.8. The van der Waals surface area contributed by atoms with E-state index in [-0.39, 0.29) is 24.2 Å². The summed E-state index contributed by atoms with van der Waals surface area (Å²) in [6.45, 7) is 6.58. The normalized spacial score (nSPS) is 13.1. The number of aryl methyl sites for hydroxylation is 1. The highest BCUT2D eigenvalue weighted by atomic mass is 32.2. The molecule has 186 valence electrons. The Labute approximate surface area is 199 Å². The van der Waals surface area contributed by atoms with E-state index in [0.29, 0.717) is 16.8 Å². The van der Waals surface area contributed by atoms with Gasteiger partial charge in [0.1, 0.15) is 12.6 Å². The second-order valence-corrected chi connectivity index (χ2v) is 10.3. The molecule has 0 aliphatic rings. The van der Waals surface area contributed by atoms with Crippen LogP contribution in [0.3, 0.4) is 0 Å². The fraction of sp³-hybridized carbons (Fsp3) is 0.417. The molecule has 0 fully saturated rings. The van der Waals surface area contributed by atoms with E-state index in [4.69, 9.17) is 0 Å². The predicted molar refractivity (Wildman–Crippen MR) is 128 cm³/mol. The molecule has 0 aliphatic carbocycles. The van der Waals surface area contributed by atoms with Crippen molar-refractivity contribution in [1.29, 1.82) is 0 Å². The van der Waals surface area contributed by atoms with Gasteiger partial charge in [0.05, 0.1) is 11.9 Å². The van der Waals surface area contributed by atoms with E-state index in [2.05, 4.69) is 5.32 Å². The van der Waals surface area contributed by atoms with Crippen molar-refractivity contribution in [3.63, 3.8) is 0 Å². The molecule has 0 saturated carbocycles. The molecule has 1 N–H and O–H groups in total. The number of benzene rings is 2. The van der Waals surface area contributed by atoms with Crippen LogP contribution in [0.25, 0.3) is 0 Å². The van der Waals surface area contributed by atoms with Crippen molar-refractivity contribution < 1.29 is 26.8 Å². The molecule has 0 spiro atoms. The number of halogens is 2. The molecule has 0 aliphatic heterocycles. The Kier molecular flexibility index (Phi) is 9.14. The van der Waals surface area contributed by atoms with E-state index in [0.717, 1.165) is 29.5 Å². The third-order valence-corrected chi connectivity index (χ3v) is 6.61. The van der Waals surface area contributed by atoms with Crippen molar-refractivity contribution in [2.75, 3.05) is 17.1 Å². The van der Waals surface area contributed by atoms with Crippen molar-refractivity contribution in [3.8, 4) is 0 Å². The second kappa shape index (κ2) is 11.4. The third kappa shape index (κ3) is 7.24. The lowest BCUT2D eigenvalue weighted by Gasteiger charge is -2.32. The summed E-state index contributed by atoms with van der Waals surface area (Å²) in [4.78, 5) is 27.5. The van der Waals surface area contributed by atoms with Crippen LogP contribution in [-0.2, 0) is 26.2 Å². The molecule has 2 aromatic rings. The predicted octanol–water partition coefficient (Wildman–Crippen LogP) is 3.37. The highest BCUT2D eigenvalue weighted by molar-refractivity contribution is 7.92. The zero-order chi connectivity index (χ0) is 25.6. The first kappa shape index (κ1) is 27.2. The number of carbonyl (C=O) groups is 2. The maximum atomic E-state index is 13.8. The summed E-state index contributed by atoms with van der Waals surface area (Å²) in [6, 6.07) is 8.95. The first-order valence-corrected chi connectivity index (χ1v) is 12.8. The van der Waals surface area contributed by atoms with E-state index in [9.17, 15) is 26.8 Å². The zero-order valence-corrected chi connectivity index (χ0v) is 20.8. The summed E-state index contributed by atoms with van der Waals surface area (Å²) in [5, 5.41) is 2.83. The van der Waals surface area contributed by atoms with Crippen LogP contribution in [0.15, 0.2) is 42.5 Å². The van der Waals surface area contributed by atoms with Crippen LogP contribution in [0.1, 0.15) is 38.3 Å². The molecular weight excluding hydrogens is 464 g/mol. The summed E-state index contributed by atoms with van der Waals surface area (Å²) in [5.74, 6) is -3.42. The maximum Gasteiger partial charge on any atom is 0.244 e. The highest BCUT2D eigenvalue weighted by Gasteiger charge is 2.30. The van der Waals surface area contributed by atoms with Gasteiger partial charge in [-0.05, 0) is 44.9 Å². The summed E-state index contributed by atoms with van der Waals surface area (Å²) in [7, 11) is -4.03. The number of anilines is 1. The van der Waals surface area contributed by atoms with Crippen molar-refractivity contribution in [1.82, 2.24) is 10.2 Å². The quantitative estimate of drug-likeness (QED) is 0.548. The Hall–Kier alpha value is -3.01. The minimum absolute atomic E-state index is 0.0605. The Morgan fingerprint density at radius 2 is 1.74 bits per heavy atom. The Bertz CT molecular complexity index is 1140. The zero-order valence-electron chi connectivity index (χ0n) is 20.0. The smallest absolute Gasteiger partial charge is 0.244 e. The lowest BCUT2D eigenvalue weighted by molar-refractivity contribution is -0.139. The van der Waals surface area contributed by atoms with Gasteiger partial charge in [-0.25, -0.2) is 17.2 Å². The van der Waals surface area contributed by atoms with Crippen molar-refractivity contribution in [2.45, 2.75) is 52.7 Å². The van der Waals surface area contributed by atoms with Gasteiger partial charge < -0.3 is 10.2 Å². The summed E-state index contributed by atoms with van der Waals surface area (Å²) in [5.41, 5.74) is 1.53. The SMILES string of the molecule is CCC(C)NC(=O)C(C)N(Cc1cccc(C)c1)C(=O)CN(c1ccc(F)c(F)c1)S(C)(=O)=O. The van der Waals surface area contributed by atoms with Crippen LogP contribution in [-0.4, -0.2) is 50.0 Å². The number of hydrogen-bond acceptors (Lipinski definition) is 4. The van der Waals surface area contributed by atoms with Gasteiger partial charge in [0, 0.05) is 18.7 Å². The van der Waals surface area contributed by atoms with Crippen LogP contribution in [0, 0.1) is 18.6 Å². The van der Waals surface area contributed by atoms with Gasteiger partial charge in [-0.2, -0.15) is 0 Å². The molecule has 2 unspecified atom stereocenters. The van der Waals surface area contributed by atoms with E-state index < -0.39 is 40.2 Å². The van der Waals surface area contributed by atoms with Gasteiger partial charge >= 0.3 is 0 Å². The third-order valence-electron chi connectivity index (χ3n) is 5.47. The number of nitrogens with zero attached hydrogens (tertiary/aromatic N) is 2. The highest BCUT2D eigenvalue weighted by Crippen LogP contribution is 2.21. The average Bonchev–Trinajstić information content (AvgIpc) is 2.76. The van der Waals surface area contributed by atoms with Crippen LogP contribution < -0.4 is 9.62 Å². The first-order valence-electron chi connectivity index (χ1n) is 10.9. The first-order chi connectivity index (χ1) is 15.8. The molecular formula is C24H31F2N3O4S. The van der Waals surface area contributed by atoms with Gasteiger partial charge in [-0.15, -0.1) is 0 Å². The molecule has 0 bridgehead atoms. The second-order valence-electron chi connectivity index (χ2n) is 8.37.